The van der Waals surface area contributed by atoms with Crippen molar-refractivity contribution in [3.8, 4) is 0 Å². The molecule has 134 heavy (non-hydrogen) atoms. The molecule has 3 aliphatic heterocycles. The fraction of sp³-hybridized carbons (Fsp3) is 0.670. The number of hydrogen-bond donors (Lipinski definition) is 9. The van der Waals surface area contributed by atoms with Crippen molar-refractivity contribution in [2.75, 3.05) is 65.6 Å². The molecule has 4 rings (SSSR count). The molecular formula is C88H128N10O36. The number of Topliss-reactive ketones (excluding diaryl/α,β-unsaturated/α-hetero) is 3. The summed E-state index contributed by atoms with van der Waals surface area (Å²) in [5.41, 5.74) is 0.593. The minimum absolute atomic E-state index is 0.00492. The molecule has 0 aromatic heterocycles. The number of hydrogen-bond acceptors (Lipinski definition) is 36. The fourth-order valence-electron chi connectivity index (χ4n) is 14.8. The molecule has 3 aliphatic rings. The number of esters is 10. The lowest BCUT2D eigenvalue weighted by Crippen LogP contribution is -2.66. The lowest BCUT2D eigenvalue weighted by Gasteiger charge is -2.45. The molecule has 10 amide bonds. The molecule has 746 valence electrons. The van der Waals surface area contributed by atoms with Crippen LogP contribution in [-0.2, 0) is 178 Å². The molecule has 46 nitrogen and oxygen atoms in total. The average Bonchev–Trinajstić information content (AvgIpc) is 0.794. The Morgan fingerprint density at radius 2 is 0.627 bits per heavy atom. The zero-order valence-corrected chi connectivity index (χ0v) is 77.7. The number of unbranched alkanes of at least 4 members (excludes halogenated alkanes) is 3. The predicted octanol–water partition coefficient (Wildman–Crippen LogP) is -0.771. The summed E-state index contributed by atoms with van der Waals surface area (Å²) < 4.78 is 72.3. The van der Waals surface area contributed by atoms with Gasteiger partial charge in [-0.15, -0.1) is 0 Å². The highest BCUT2D eigenvalue weighted by Gasteiger charge is 2.54. The largest absolute Gasteiger partial charge is 0.463 e. The second-order valence-electron chi connectivity index (χ2n) is 32.1. The number of nitrogens with one attached hydrogen (secondary N) is 9. The maximum Gasteiger partial charge on any atom is 0.328 e. The number of ether oxygens (including phenoxy) is 13. The van der Waals surface area contributed by atoms with Gasteiger partial charge < -0.3 is 114 Å². The van der Waals surface area contributed by atoms with Crippen LogP contribution in [0.3, 0.4) is 0 Å². The van der Waals surface area contributed by atoms with Gasteiger partial charge in [-0.25, -0.2) is 4.79 Å². The molecule has 1 aromatic carbocycles. The third kappa shape index (κ3) is 44.4. The first kappa shape index (κ1) is 114. The summed E-state index contributed by atoms with van der Waals surface area (Å²) in [5, 5.41) is 23.5. The van der Waals surface area contributed by atoms with Gasteiger partial charge in [0.05, 0.1) is 36.4 Å². The Bertz CT molecular complexity index is 4070. The molecule has 15 unspecified atom stereocenters. The number of nitrogens with zero attached hydrogens (tertiary/aromatic N) is 1. The van der Waals surface area contributed by atoms with E-state index in [-0.39, 0.29) is 174 Å². The summed E-state index contributed by atoms with van der Waals surface area (Å²) in [4.78, 5) is 294. The molecule has 46 heteroatoms. The van der Waals surface area contributed by atoms with Crippen LogP contribution < -0.4 is 47.9 Å². The van der Waals surface area contributed by atoms with Gasteiger partial charge in [-0.05, 0) is 89.0 Å². The number of carbonyl (C=O) groups is 23. The van der Waals surface area contributed by atoms with Gasteiger partial charge in [0.25, 0.3) is 17.7 Å². The van der Waals surface area contributed by atoms with Crippen LogP contribution in [-0.4, -0.2) is 304 Å². The van der Waals surface area contributed by atoms with Crippen molar-refractivity contribution in [1.29, 1.82) is 0 Å². The molecule has 0 radical (unpaired) electrons. The van der Waals surface area contributed by atoms with Crippen LogP contribution in [0.25, 0.3) is 0 Å². The normalized spacial score (nSPS) is 21.2. The van der Waals surface area contributed by atoms with Crippen LogP contribution in [0.4, 0.5) is 0 Å². The molecule has 9 N–H and O–H groups in total. The molecule has 3 fully saturated rings. The number of rotatable bonds is 58. The van der Waals surface area contributed by atoms with Gasteiger partial charge in [-0.3, -0.25) is 105 Å². The summed E-state index contributed by atoms with van der Waals surface area (Å²) in [5.74, 6) is -17.1. The van der Waals surface area contributed by atoms with E-state index in [4.69, 9.17) is 61.6 Å². The molecule has 3 saturated heterocycles. The summed E-state index contributed by atoms with van der Waals surface area (Å²) in [6.07, 6.45) is -15.5. The van der Waals surface area contributed by atoms with Crippen molar-refractivity contribution >= 4 is 136 Å². The van der Waals surface area contributed by atoms with E-state index in [1.54, 1.807) is 30.3 Å². The minimum Gasteiger partial charge on any atom is -0.463 e. The van der Waals surface area contributed by atoms with Crippen LogP contribution in [0.1, 0.15) is 217 Å². The SMILES string of the molecule is CC(=O)NC1C(CCCC(=O)C(=O)NCCCCC(=O)NCCN(CCNC(=O)CCCCNC(=O)C(=O)CCCC2OC(COC(C)=O)C(OC(C)=O)C(OC(C)=O)C2NC(C)=O)C(=O)CC[C@H](NC(=O)CCCCNC(=O)C(=O)CCCC2OC(COC(C)=O)C(OC(C)=O)C(OC(C)=O)C2NC(C)=O)C(=O)OCc2ccccc2)OC(COC(C)=O)C(OC(C)=O)C1OC(C)=O. The summed E-state index contributed by atoms with van der Waals surface area (Å²) in [7, 11) is 0. The monoisotopic (exact) mass is 1900 g/mol. The number of ketones is 3. The predicted molar refractivity (Wildman–Crippen MR) is 459 cm³/mol. The van der Waals surface area contributed by atoms with Crippen molar-refractivity contribution in [3.63, 3.8) is 0 Å². The Morgan fingerprint density at radius 3 is 0.925 bits per heavy atom. The van der Waals surface area contributed by atoms with Gasteiger partial charge in [0, 0.05) is 174 Å². The highest BCUT2D eigenvalue weighted by Crippen LogP contribution is 2.34. The minimum atomic E-state index is -1.41. The van der Waals surface area contributed by atoms with E-state index in [0.29, 0.717) is 5.56 Å². The highest BCUT2D eigenvalue weighted by molar-refractivity contribution is 6.37. The molecule has 0 saturated carbocycles. The van der Waals surface area contributed by atoms with Crippen LogP contribution in [0.5, 0.6) is 0 Å². The third-order valence-corrected chi connectivity index (χ3v) is 20.7. The first-order chi connectivity index (χ1) is 63.4. The van der Waals surface area contributed by atoms with Crippen molar-refractivity contribution in [2.24, 2.45) is 0 Å². The van der Waals surface area contributed by atoms with Crippen molar-refractivity contribution in [2.45, 2.75) is 316 Å². The van der Waals surface area contributed by atoms with Crippen LogP contribution in [0.15, 0.2) is 30.3 Å². The summed E-state index contributed by atoms with van der Waals surface area (Å²) >= 11 is 0. The lowest BCUT2D eigenvalue weighted by molar-refractivity contribution is -0.224. The van der Waals surface area contributed by atoms with Gasteiger partial charge in [-0.2, -0.15) is 0 Å². The molecule has 3 heterocycles. The van der Waals surface area contributed by atoms with Gasteiger partial charge in [0.15, 0.2) is 36.6 Å². The molecule has 0 bridgehead atoms. The summed E-state index contributed by atoms with van der Waals surface area (Å²) in [6.45, 7) is 11.2. The standard InChI is InChI=1S/C88H128N10O36/c1-49(99)94-76-66(132-69(46-122-52(4)102)79(126-55(7)105)82(76)129-58(10)108)30-22-27-63(111)85(118)91-38-19-16-33-72(114)89-41-43-98(44-42-90-73(115)34-17-20-39-92-86(119)64(112)28-23-31-67-77(95-50(2)100)83(130-59(11)109)80(127-56(8)106)70(133-67)47-123-53(5)103)75(117)37-36-62(88(121)125-45-61-25-14-13-15-26-61)97-74(116)35-18-21-40-93-87(120)65(113)29-24-32-68-78(96-51(3)101)84(131-60(12)110)81(128-57(9)107)71(134-68)48-124-54(6)104/h13-15,25-26,62,66-71,76-84H,16-24,27-48H2,1-12H3,(H,89,114)(H,90,115)(H,91,118)(H,92,119)(H,93,120)(H,94,99)(H,95,100)(H,96,101)(H,97,116)/t62-,66?,67?,68?,69?,70?,71?,76?,77?,78?,79?,80?,81?,82?,83?,84?/m0/s1. The van der Waals surface area contributed by atoms with Crippen molar-refractivity contribution in [1.82, 2.24) is 52.8 Å². The Kier molecular flexibility index (Phi) is 51.5. The second-order valence-corrected chi connectivity index (χ2v) is 32.1. The smallest absolute Gasteiger partial charge is 0.328 e. The first-order valence-corrected chi connectivity index (χ1v) is 44.4. The molecule has 0 spiro atoms. The van der Waals surface area contributed by atoms with E-state index in [0.717, 1.165) is 62.3 Å². The van der Waals surface area contributed by atoms with Gasteiger partial charge >= 0.3 is 59.7 Å². The maximum atomic E-state index is 14.3. The van der Waals surface area contributed by atoms with E-state index >= 15 is 0 Å². The number of benzene rings is 1. The van der Waals surface area contributed by atoms with Crippen LogP contribution in [0, 0.1) is 0 Å². The van der Waals surface area contributed by atoms with Crippen LogP contribution in [0.2, 0.25) is 0 Å². The van der Waals surface area contributed by atoms with E-state index in [1.165, 1.54) is 25.7 Å². The summed E-state index contributed by atoms with van der Waals surface area (Å²) in [6, 6.07) is 3.76. The van der Waals surface area contributed by atoms with Gasteiger partial charge in [-0.1, -0.05) is 30.3 Å². The quantitative estimate of drug-likeness (QED) is 0.0167. The molecule has 16 atom stereocenters. The van der Waals surface area contributed by atoms with Gasteiger partial charge in [0.2, 0.25) is 58.7 Å². The van der Waals surface area contributed by atoms with Crippen molar-refractivity contribution < 1.29 is 172 Å². The van der Waals surface area contributed by atoms with Crippen molar-refractivity contribution in [3.05, 3.63) is 35.9 Å². The second kappa shape index (κ2) is 60.6. The average molecular weight is 1900 g/mol. The fourth-order valence-corrected chi connectivity index (χ4v) is 14.8. The zero-order valence-electron chi connectivity index (χ0n) is 77.7. The third-order valence-electron chi connectivity index (χ3n) is 20.7. The topological polar surface area (TPSA) is 624 Å². The molecule has 0 aliphatic carbocycles. The Balaban J connectivity index is 1.39. The van der Waals surface area contributed by atoms with E-state index in [2.05, 4.69) is 47.9 Å². The molecule has 1 aromatic rings. The van der Waals surface area contributed by atoms with E-state index in [1.807, 2.05) is 0 Å². The first-order valence-electron chi connectivity index (χ1n) is 44.4. The van der Waals surface area contributed by atoms with E-state index in [9.17, 15) is 110 Å². The Labute approximate surface area is 774 Å². The van der Waals surface area contributed by atoms with Gasteiger partial charge in [0.1, 0.15) is 50.8 Å². The van der Waals surface area contributed by atoms with Crippen LogP contribution >= 0.6 is 0 Å². The molecular weight excluding hydrogens is 1770 g/mol. The Morgan fingerprint density at radius 1 is 0.321 bits per heavy atom. The zero-order chi connectivity index (χ0) is 99.7. The maximum absolute atomic E-state index is 14.3. The number of carbonyl (C=O) groups excluding carboxylic acids is 23. The highest BCUT2D eigenvalue weighted by atomic mass is 16.7. The lowest BCUT2D eigenvalue weighted by atomic mass is 9.89. The van der Waals surface area contributed by atoms with E-state index < -0.39 is 260 Å². The number of amides is 10. The Hall–Kier alpha value is -12.5.